The Balaban J connectivity index is 4.14. The summed E-state index contributed by atoms with van der Waals surface area (Å²) in [6.45, 7) is 5.52. The van der Waals surface area contributed by atoms with Crippen molar-refractivity contribution in [2.24, 2.45) is 5.14 Å². The molecule has 0 aromatic heterocycles. The van der Waals surface area contributed by atoms with E-state index in [1.807, 2.05) is 6.92 Å². The molecule has 0 saturated heterocycles. The van der Waals surface area contributed by atoms with Gasteiger partial charge >= 0.3 is 0 Å². The van der Waals surface area contributed by atoms with Crippen LogP contribution in [0.2, 0.25) is 0 Å². The van der Waals surface area contributed by atoms with Crippen molar-refractivity contribution < 1.29 is 8.42 Å². The Kier molecular flexibility index (Phi) is 5.17. The van der Waals surface area contributed by atoms with Crippen molar-refractivity contribution >= 4 is 10.0 Å². The molecule has 4 heteroatoms. The van der Waals surface area contributed by atoms with Gasteiger partial charge in [-0.05, 0) is 12.8 Å². The van der Waals surface area contributed by atoms with Crippen molar-refractivity contribution in [2.75, 3.05) is 0 Å². The van der Waals surface area contributed by atoms with Crippen LogP contribution in [0.4, 0.5) is 0 Å². The maximum Gasteiger partial charge on any atom is 0.212 e. The summed E-state index contributed by atoms with van der Waals surface area (Å²) in [6.07, 6.45) is 4.59. The second kappa shape index (κ2) is 5.32. The number of primary sulfonamides is 1. The molecular weight excluding hydrogens is 174 g/mol. The molecule has 0 heterocycles. The highest BCUT2D eigenvalue weighted by Crippen LogP contribution is 2.11. The second-order valence-electron chi connectivity index (χ2n) is 2.88. The second-order valence-corrected chi connectivity index (χ2v) is 4.72. The zero-order valence-electron chi connectivity index (χ0n) is 7.49. The minimum absolute atomic E-state index is 0.435. The van der Waals surface area contributed by atoms with E-state index in [1.54, 1.807) is 6.08 Å². The van der Waals surface area contributed by atoms with Crippen LogP contribution in [-0.2, 0) is 10.0 Å². The van der Waals surface area contributed by atoms with Gasteiger partial charge < -0.3 is 0 Å². The number of nitrogens with two attached hydrogens (primary N) is 1. The predicted octanol–water partition coefficient (Wildman–Crippen LogP) is 1.41. The minimum Gasteiger partial charge on any atom is -0.228 e. The van der Waals surface area contributed by atoms with Crippen molar-refractivity contribution in [3.63, 3.8) is 0 Å². The van der Waals surface area contributed by atoms with Crippen LogP contribution in [0, 0.1) is 0 Å². The summed E-state index contributed by atoms with van der Waals surface area (Å²) in [4.78, 5) is 0. The first-order valence-corrected chi connectivity index (χ1v) is 5.75. The highest BCUT2D eigenvalue weighted by atomic mass is 32.2. The number of sulfonamides is 1. The first-order chi connectivity index (χ1) is 5.52. The zero-order chi connectivity index (χ0) is 9.61. The minimum atomic E-state index is -3.37. The summed E-state index contributed by atoms with van der Waals surface area (Å²) in [5.74, 6) is 0. The predicted molar refractivity (Wildman–Crippen MR) is 51.2 cm³/mol. The van der Waals surface area contributed by atoms with Crippen LogP contribution in [0.3, 0.4) is 0 Å². The van der Waals surface area contributed by atoms with Crippen molar-refractivity contribution in [3.8, 4) is 0 Å². The van der Waals surface area contributed by atoms with Crippen molar-refractivity contribution in [1.82, 2.24) is 0 Å². The molecule has 2 N–H and O–H groups in total. The lowest BCUT2D eigenvalue weighted by molar-refractivity contribution is 0.565. The molecule has 0 aromatic rings. The smallest absolute Gasteiger partial charge is 0.212 e. The van der Waals surface area contributed by atoms with Gasteiger partial charge in [-0.2, -0.15) is 0 Å². The van der Waals surface area contributed by atoms with Crippen LogP contribution in [0.1, 0.15) is 32.6 Å². The molecule has 1 atom stereocenters. The van der Waals surface area contributed by atoms with Gasteiger partial charge in [-0.15, -0.1) is 6.58 Å². The zero-order valence-corrected chi connectivity index (χ0v) is 8.31. The number of rotatable bonds is 6. The Morgan fingerprint density at radius 2 is 2.17 bits per heavy atom. The lowest BCUT2D eigenvalue weighted by atomic mass is 10.1. The standard InChI is InChI=1S/C8H17NO2S/c1-3-5-7-8(6-4-2)12(9,10)11/h4,8H,2-3,5-7H2,1H3,(H2,9,10,11). The fourth-order valence-electron chi connectivity index (χ4n) is 1.03. The van der Waals surface area contributed by atoms with Gasteiger partial charge in [-0.25, -0.2) is 13.6 Å². The molecule has 0 spiro atoms. The van der Waals surface area contributed by atoms with E-state index < -0.39 is 15.3 Å². The van der Waals surface area contributed by atoms with Gasteiger partial charge in [-0.1, -0.05) is 25.8 Å². The van der Waals surface area contributed by atoms with Crippen LogP contribution >= 0.6 is 0 Å². The highest BCUT2D eigenvalue weighted by molar-refractivity contribution is 7.89. The molecule has 0 radical (unpaired) electrons. The molecule has 0 fully saturated rings. The molecule has 0 rings (SSSR count). The Labute approximate surface area is 74.7 Å². The van der Waals surface area contributed by atoms with Crippen molar-refractivity contribution in [2.45, 2.75) is 37.9 Å². The monoisotopic (exact) mass is 191 g/mol. The number of unbranched alkanes of at least 4 members (excludes halogenated alkanes) is 1. The maximum absolute atomic E-state index is 11.0. The molecule has 0 aliphatic rings. The van der Waals surface area contributed by atoms with Gasteiger partial charge in [0.05, 0.1) is 5.25 Å². The third-order valence-electron chi connectivity index (χ3n) is 1.77. The highest BCUT2D eigenvalue weighted by Gasteiger charge is 2.18. The fourth-order valence-corrected chi connectivity index (χ4v) is 1.93. The van der Waals surface area contributed by atoms with Crippen molar-refractivity contribution in [1.29, 1.82) is 0 Å². The molecule has 0 amide bonds. The van der Waals surface area contributed by atoms with Crippen LogP contribution in [0.5, 0.6) is 0 Å². The van der Waals surface area contributed by atoms with E-state index in [-0.39, 0.29) is 0 Å². The Morgan fingerprint density at radius 3 is 2.50 bits per heavy atom. The van der Waals surface area contributed by atoms with Crippen molar-refractivity contribution in [3.05, 3.63) is 12.7 Å². The van der Waals surface area contributed by atoms with E-state index in [2.05, 4.69) is 6.58 Å². The van der Waals surface area contributed by atoms with Crippen LogP contribution in [0.25, 0.3) is 0 Å². The number of hydrogen-bond donors (Lipinski definition) is 1. The molecule has 0 bridgehead atoms. The number of hydrogen-bond acceptors (Lipinski definition) is 2. The van der Waals surface area contributed by atoms with E-state index in [0.717, 1.165) is 12.8 Å². The maximum atomic E-state index is 11.0. The molecule has 0 saturated carbocycles. The SMILES string of the molecule is C=CCC(CCCC)S(N)(=O)=O. The average molecular weight is 191 g/mol. The Morgan fingerprint density at radius 1 is 1.58 bits per heavy atom. The summed E-state index contributed by atoms with van der Waals surface area (Å²) in [6, 6.07) is 0. The third-order valence-corrected chi connectivity index (χ3v) is 3.13. The molecule has 0 aliphatic heterocycles. The lowest BCUT2D eigenvalue weighted by Gasteiger charge is -2.11. The van der Waals surface area contributed by atoms with Crippen LogP contribution in [0.15, 0.2) is 12.7 Å². The van der Waals surface area contributed by atoms with E-state index >= 15 is 0 Å². The molecule has 0 aromatic carbocycles. The summed E-state index contributed by atoms with van der Waals surface area (Å²) in [5.41, 5.74) is 0. The van der Waals surface area contributed by atoms with E-state index in [1.165, 1.54) is 0 Å². The lowest BCUT2D eigenvalue weighted by Crippen LogP contribution is -2.27. The summed E-state index contributed by atoms with van der Waals surface area (Å²) in [5, 5.41) is 4.60. The Hall–Kier alpha value is -0.350. The summed E-state index contributed by atoms with van der Waals surface area (Å²) < 4.78 is 21.9. The van der Waals surface area contributed by atoms with Gasteiger partial charge in [0.2, 0.25) is 10.0 Å². The average Bonchev–Trinajstić information content (AvgIpc) is 1.95. The normalized spacial score (nSPS) is 14.2. The summed E-state index contributed by atoms with van der Waals surface area (Å²) >= 11 is 0. The van der Waals surface area contributed by atoms with Gasteiger partial charge in [0.1, 0.15) is 0 Å². The van der Waals surface area contributed by atoms with Gasteiger partial charge in [0, 0.05) is 0 Å². The number of allylic oxidation sites excluding steroid dienone is 1. The van der Waals surface area contributed by atoms with Crippen LogP contribution < -0.4 is 5.14 Å². The third kappa shape index (κ3) is 4.51. The van der Waals surface area contributed by atoms with E-state index in [4.69, 9.17) is 5.14 Å². The Bertz CT molecular complexity index is 221. The molecular formula is C8H17NO2S. The first kappa shape index (κ1) is 11.6. The largest absolute Gasteiger partial charge is 0.228 e. The molecule has 3 nitrogen and oxygen atoms in total. The quantitative estimate of drug-likeness (QED) is 0.645. The summed E-state index contributed by atoms with van der Waals surface area (Å²) in [7, 11) is -3.37. The van der Waals surface area contributed by atoms with E-state index in [9.17, 15) is 8.42 Å². The van der Waals surface area contributed by atoms with Gasteiger partial charge in [0.25, 0.3) is 0 Å². The topological polar surface area (TPSA) is 60.2 Å². The molecule has 0 aliphatic carbocycles. The van der Waals surface area contributed by atoms with Crippen LogP contribution in [-0.4, -0.2) is 13.7 Å². The van der Waals surface area contributed by atoms with Gasteiger partial charge in [-0.3, -0.25) is 0 Å². The first-order valence-electron chi connectivity index (χ1n) is 4.14. The van der Waals surface area contributed by atoms with E-state index in [0.29, 0.717) is 12.8 Å². The molecule has 72 valence electrons. The molecule has 12 heavy (non-hydrogen) atoms. The fraction of sp³-hybridized carbons (Fsp3) is 0.750. The molecule has 1 unspecified atom stereocenters. The van der Waals surface area contributed by atoms with Gasteiger partial charge in [0.15, 0.2) is 0 Å².